The number of nitrogens with zero attached hydrogens (tertiary/aromatic N) is 6. The molecule has 0 bridgehead atoms. The van der Waals surface area contributed by atoms with Crippen molar-refractivity contribution >= 4 is 28.4 Å². The van der Waals surface area contributed by atoms with E-state index in [0.29, 0.717) is 5.56 Å². The van der Waals surface area contributed by atoms with Crippen LogP contribution >= 0.6 is 22.6 Å². The van der Waals surface area contributed by atoms with Crippen molar-refractivity contribution in [3.8, 4) is 0 Å². The zero-order chi connectivity index (χ0) is 11.0. The molecule has 0 amide bonds. The number of hydrogen-bond acceptors (Lipinski definition) is 5. The molecule has 0 fully saturated rings. The maximum absolute atomic E-state index is 11.9. The normalized spacial score (nSPS) is 10.6. The number of rotatable bonds is 2. The van der Waals surface area contributed by atoms with Crippen molar-refractivity contribution in [1.82, 2.24) is 30.0 Å². The molecule has 0 aliphatic rings. The van der Waals surface area contributed by atoms with Gasteiger partial charge in [0.25, 0.3) is 0 Å². The van der Waals surface area contributed by atoms with Crippen molar-refractivity contribution in [2.75, 3.05) is 0 Å². The summed E-state index contributed by atoms with van der Waals surface area (Å²) in [6.45, 7) is 0. The first-order chi connectivity index (χ1) is 7.11. The molecule has 0 radical (unpaired) electrons. The molecular weight excluding hydrogens is 311 g/mol. The van der Waals surface area contributed by atoms with E-state index in [-0.39, 0.29) is 11.6 Å². The number of aryl methyl sites for hydroxylation is 2. The third-order valence-electron chi connectivity index (χ3n) is 1.93. The van der Waals surface area contributed by atoms with Gasteiger partial charge in [0.1, 0.15) is 3.70 Å². The predicted octanol–water partition coefficient (Wildman–Crippen LogP) is -0.221. The largest absolute Gasteiger partial charge is 0.285 e. The molecule has 0 saturated heterocycles. The summed E-state index contributed by atoms with van der Waals surface area (Å²) in [5.41, 5.74) is 0.510. The Balaban J connectivity index is 2.46. The lowest BCUT2D eigenvalue weighted by Gasteiger charge is -1.96. The molecule has 2 aromatic rings. The maximum atomic E-state index is 11.9. The number of hydrogen-bond donors (Lipinski definition) is 0. The van der Waals surface area contributed by atoms with E-state index in [2.05, 4.69) is 43.2 Å². The van der Waals surface area contributed by atoms with Gasteiger partial charge in [0, 0.05) is 14.1 Å². The summed E-state index contributed by atoms with van der Waals surface area (Å²) < 4.78 is 3.73. The molecule has 0 saturated carbocycles. The van der Waals surface area contributed by atoms with Crippen LogP contribution in [0, 0.1) is 3.70 Å². The van der Waals surface area contributed by atoms with Crippen LogP contribution in [0.4, 0.5) is 0 Å². The second-order valence-electron chi connectivity index (χ2n) is 2.93. The third kappa shape index (κ3) is 1.64. The first kappa shape index (κ1) is 10.2. The van der Waals surface area contributed by atoms with Crippen molar-refractivity contribution < 1.29 is 4.79 Å². The Morgan fingerprint density at radius 2 is 2.13 bits per heavy atom. The Morgan fingerprint density at radius 1 is 1.40 bits per heavy atom. The van der Waals surface area contributed by atoms with E-state index in [1.165, 1.54) is 10.9 Å². The van der Waals surface area contributed by atoms with E-state index < -0.39 is 0 Å². The van der Waals surface area contributed by atoms with Gasteiger partial charge in [0.15, 0.2) is 0 Å². The van der Waals surface area contributed by atoms with E-state index in [9.17, 15) is 4.79 Å². The molecule has 0 unspecified atom stereocenters. The Kier molecular flexibility index (Phi) is 2.50. The summed E-state index contributed by atoms with van der Waals surface area (Å²) >= 11 is 2.05. The highest BCUT2D eigenvalue weighted by Gasteiger charge is 2.20. The SMILES string of the molecule is Cn1nnnc1C(=O)c1cnn(C)c1I. The van der Waals surface area contributed by atoms with Gasteiger partial charge in [-0.05, 0) is 33.0 Å². The second-order valence-corrected chi connectivity index (χ2v) is 3.95. The van der Waals surface area contributed by atoms with E-state index in [4.69, 9.17) is 0 Å². The lowest BCUT2D eigenvalue weighted by atomic mass is 10.2. The predicted molar refractivity (Wildman–Crippen MR) is 58.2 cm³/mol. The van der Waals surface area contributed by atoms with E-state index in [1.807, 2.05) is 0 Å². The Bertz CT molecular complexity index is 515. The maximum Gasteiger partial charge on any atom is 0.236 e. The van der Waals surface area contributed by atoms with Gasteiger partial charge < -0.3 is 0 Å². The van der Waals surface area contributed by atoms with Gasteiger partial charge in [-0.1, -0.05) is 0 Å². The van der Waals surface area contributed by atoms with Crippen molar-refractivity contribution in [3.63, 3.8) is 0 Å². The van der Waals surface area contributed by atoms with Crippen molar-refractivity contribution in [1.29, 1.82) is 0 Å². The monoisotopic (exact) mass is 318 g/mol. The molecular formula is C7H7IN6O. The fourth-order valence-corrected chi connectivity index (χ4v) is 1.63. The zero-order valence-electron chi connectivity index (χ0n) is 8.05. The minimum atomic E-state index is -0.222. The number of halogens is 1. The Morgan fingerprint density at radius 3 is 2.60 bits per heavy atom. The van der Waals surface area contributed by atoms with Crippen molar-refractivity contribution in [3.05, 3.63) is 21.3 Å². The van der Waals surface area contributed by atoms with Gasteiger partial charge in [-0.2, -0.15) is 5.10 Å². The summed E-state index contributed by atoms with van der Waals surface area (Å²) in [4.78, 5) is 11.9. The zero-order valence-corrected chi connectivity index (χ0v) is 10.2. The molecule has 2 heterocycles. The van der Waals surface area contributed by atoms with Crippen LogP contribution in [0.3, 0.4) is 0 Å². The van der Waals surface area contributed by atoms with Gasteiger partial charge in [-0.3, -0.25) is 9.48 Å². The minimum absolute atomic E-state index is 0.209. The number of carbonyl (C=O) groups is 1. The highest BCUT2D eigenvalue weighted by Crippen LogP contribution is 2.13. The fourth-order valence-electron chi connectivity index (χ4n) is 1.12. The van der Waals surface area contributed by atoms with Crippen LogP contribution in [0.5, 0.6) is 0 Å². The molecule has 0 aromatic carbocycles. The number of carbonyl (C=O) groups excluding carboxylic acids is 1. The van der Waals surface area contributed by atoms with Gasteiger partial charge in [0.05, 0.1) is 11.8 Å². The topological polar surface area (TPSA) is 78.5 Å². The molecule has 0 N–H and O–H groups in total. The number of ketones is 1. The van der Waals surface area contributed by atoms with Crippen LogP contribution in [0.2, 0.25) is 0 Å². The number of aromatic nitrogens is 6. The van der Waals surface area contributed by atoms with Crippen LogP contribution in [0.15, 0.2) is 6.20 Å². The lowest BCUT2D eigenvalue weighted by molar-refractivity contribution is 0.102. The van der Waals surface area contributed by atoms with E-state index >= 15 is 0 Å². The summed E-state index contributed by atoms with van der Waals surface area (Å²) in [6.07, 6.45) is 1.51. The molecule has 0 aliphatic carbocycles. The molecule has 78 valence electrons. The Hall–Kier alpha value is -1.32. The summed E-state index contributed by atoms with van der Waals surface area (Å²) in [7, 11) is 3.39. The molecule has 0 atom stereocenters. The van der Waals surface area contributed by atoms with Gasteiger partial charge >= 0.3 is 0 Å². The average Bonchev–Trinajstić information content (AvgIpc) is 2.75. The Labute approximate surface area is 98.6 Å². The molecule has 7 nitrogen and oxygen atoms in total. The third-order valence-corrected chi connectivity index (χ3v) is 3.21. The average molecular weight is 318 g/mol. The first-order valence-corrected chi connectivity index (χ1v) is 5.13. The summed E-state index contributed by atoms with van der Waals surface area (Å²) in [6, 6.07) is 0. The molecule has 2 aromatic heterocycles. The minimum Gasteiger partial charge on any atom is -0.285 e. The van der Waals surface area contributed by atoms with Crippen LogP contribution < -0.4 is 0 Å². The molecule has 15 heavy (non-hydrogen) atoms. The van der Waals surface area contributed by atoms with E-state index in [1.54, 1.807) is 18.8 Å². The quantitative estimate of drug-likeness (QED) is 0.565. The standard InChI is InChI=1S/C7H7IN6O/c1-13-6(8)4(3-9-13)5(15)7-10-11-12-14(7)2/h3H,1-2H3. The van der Waals surface area contributed by atoms with Gasteiger partial charge in [-0.25, -0.2) is 4.68 Å². The van der Waals surface area contributed by atoms with Crippen LogP contribution in [0.1, 0.15) is 16.2 Å². The van der Waals surface area contributed by atoms with Crippen LogP contribution in [0.25, 0.3) is 0 Å². The lowest BCUT2D eigenvalue weighted by Crippen LogP contribution is -2.10. The highest BCUT2D eigenvalue weighted by molar-refractivity contribution is 14.1. The van der Waals surface area contributed by atoms with Crippen LogP contribution in [-0.4, -0.2) is 35.8 Å². The molecule has 8 heteroatoms. The molecule has 0 spiro atoms. The summed E-state index contributed by atoms with van der Waals surface area (Å²) in [5, 5.41) is 14.7. The smallest absolute Gasteiger partial charge is 0.236 e. The van der Waals surface area contributed by atoms with Crippen LogP contribution in [-0.2, 0) is 14.1 Å². The highest BCUT2D eigenvalue weighted by atomic mass is 127. The molecule has 0 aliphatic heterocycles. The number of tetrazole rings is 1. The summed E-state index contributed by atoms with van der Waals surface area (Å²) in [5.74, 6) is -0.0130. The molecule has 2 rings (SSSR count). The van der Waals surface area contributed by atoms with Crippen molar-refractivity contribution in [2.45, 2.75) is 0 Å². The first-order valence-electron chi connectivity index (χ1n) is 4.06. The van der Waals surface area contributed by atoms with Gasteiger partial charge in [0.2, 0.25) is 11.6 Å². The van der Waals surface area contributed by atoms with Gasteiger partial charge in [-0.15, -0.1) is 5.10 Å². The van der Waals surface area contributed by atoms with E-state index in [0.717, 1.165) is 3.70 Å². The second kappa shape index (κ2) is 3.68. The van der Waals surface area contributed by atoms with Crippen molar-refractivity contribution in [2.24, 2.45) is 14.1 Å². The fraction of sp³-hybridized carbons (Fsp3) is 0.286.